The van der Waals surface area contributed by atoms with Crippen LogP contribution in [0.4, 0.5) is 0 Å². The molecule has 0 spiro atoms. The molecule has 0 aliphatic rings. The number of primary amides is 1. The highest BCUT2D eigenvalue weighted by atomic mass is 16.4. The van der Waals surface area contributed by atoms with Crippen molar-refractivity contribution in [2.24, 2.45) is 5.73 Å². The fourth-order valence-corrected chi connectivity index (χ4v) is 0.604. The fourth-order valence-electron chi connectivity index (χ4n) is 0.604. The third-order valence-electron chi connectivity index (χ3n) is 1.32. The van der Waals surface area contributed by atoms with Crippen LogP contribution in [0.5, 0.6) is 0 Å². The molecule has 2 atom stereocenters. The number of amides is 1. The van der Waals surface area contributed by atoms with Crippen molar-refractivity contribution in [2.45, 2.75) is 25.0 Å². The van der Waals surface area contributed by atoms with E-state index in [1.54, 1.807) is 0 Å². The molecule has 0 aliphatic heterocycles. The van der Waals surface area contributed by atoms with Crippen molar-refractivity contribution in [1.82, 2.24) is 0 Å². The van der Waals surface area contributed by atoms with Crippen LogP contribution in [0.25, 0.3) is 0 Å². The van der Waals surface area contributed by atoms with Crippen molar-refractivity contribution in [2.75, 3.05) is 6.61 Å². The van der Waals surface area contributed by atoms with Gasteiger partial charge in [-0.05, 0) is 6.42 Å². The second kappa shape index (κ2) is 5.06. The quantitative estimate of drug-likeness (QED) is 0.375. The molecule has 5 nitrogen and oxygen atoms in total. The van der Waals surface area contributed by atoms with Gasteiger partial charge in [-0.2, -0.15) is 0 Å². The number of carbonyl (C=O) groups is 1. The van der Waals surface area contributed by atoms with Crippen LogP contribution >= 0.6 is 0 Å². The number of nitrogens with two attached hydrogens (primary N) is 1. The van der Waals surface area contributed by atoms with Gasteiger partial charge in [0.05, 0.1) is 12.7 Å². The normalized spacial score (nSPS) is 15.9. The third-order valence-corrected chi connectivity index (χ3v) is 1.32. The monoisotopic (exact) mass is 163 g/mol. The highest BCUT2D eigenvalue weighted by molar-refractivity contribution is 5.73. The van der Waals surface area contributed by atoms with Gasteiger partial charge in [0, 0.05) is 6.42 Å². The Balaban J connectivity index is 3.51. The summed E-state index contributed by atoms with van der Waals surface area (Å²) in [4.78, 5) is 10.2. The number of carbonyl (C=O) groups excluding carboxylic acids is 1. The first kappa shape index (κ1) is 10.3. The minimum absolute atomic E-state index is 0.0121. The Kier molecular flexibility index (Phi) is 4.76. The summed E-state index contributed by atoms with van der Waals surface area (Å²) in [5.74, 6) is -0.533. The number of aliphatic hydroxyl groups excluding tert-OH is 3. The average Bonchev–Trinajstić information content (AvgIpc) is 1.98. The van der Waals surface area contributed by atoms with Crippen LogP contribution in [-0.2, 0) is 4.79 Å². The molecule has 0 heterocycles. The molecule has 0 aromatic carbocycles. The van der Waals surface area contributed by atoms with E-state index in [-0.39, 0.29) is 12.8 Å². The Bertz CT molecular complexity index is 128. The summed E-state index contributed by atoms with van der Waals surface area (Å²) in [6.45, 7) is -0.514. The highest BCUT2D eigenvalue weighted by Gasteiger charge is 2.15. The Labute approximate surface area is 64.4 Å². The zero-order valence-electron chi connectivity index (χ0n) is 6.10. The second-order valence-electron chi connectivity index (χ2n) is 2.32. The summed E-state index contributed by atoms with van der Waals surface area (Å²) >= 11 is 0. The zero-order valence-corrected chi connectivity index (χ0v) is 6.10. The maximum Gasteiger partial charge on any atom is 0.217 e. The molecule has 1 amide bonds. The summed E-state index contributed by atoms with van der Waals surface area (Å²) in [6, 6.07) is 0. The lowest BCUT2D eigenvalue weighted by Gasteiger charge is -2.13. The van der Waals surface area contributed by atoms with E-state index < -0.39 is 24.7 Å². The molecule has 0 saturated heterocycles. The number of hydrogen-bond acceptors (Lipinski definition) is 4. The van der Waals surface area contributed by atoms with E-state index in [4.69, 9.17) is 21.1 Å². The van der Waals surface area contributed by atoms with Crippen LogP contribution in [0.2, 0.25) is 0 Å². The largest absolute Gasteiger partial charge is 0.394 e. The van der Waals surface area contributed by atoms with E-state index in [1.165, 1.54) is 0 Å². The van der Waals surface area contributed by atoms with Gasteiger partial charge in [0.1, 0.15) is 6.10 Å². The Morgan fingerprint density at radius 1 is 1.36 bits per heavy atom. The first-order valence-electron chi connectivity index (χ1n) is 3.33. The fraction of sp³-hybridized carbons (Fsp3) is 0.833. The first-order valence-corrected chi connectivity index (χ1v) is 3.33. The van der Waals surface area contributed by atoms with Gasteiger partial charge in [-0.1, -0.05) is 0 Å². The predicted octanol–water partition coefficient (Wildman–Crippen LogP) is -2.03. The molecule has 0 bridgehead atoms. The molecule has 0 radical (unpaired) electrons. The van der Waals surface area contributed by atoms with Crippen LogP contribution in [0.15, 0.2) is 0 Å². The van der Waals surface area contributed by atoms with Gasteiger partial charge in [0.15, 0.2) is 0 Å². The van der Waals surface area contributed by atoms with Crippen LogP contribution in [0, 0.1) is 0 Å². The van der Waals surface area contributed by atoms with Crippen LogP contribution in [-0.4, -0.2) is 40.0 Å². The standard InChI is InChI=1S/C6H13NO4/c7-6(11)2-1-4(9)5(10)3-8/h4-5,8-10H,1-3H2,(H2,7,11). The maximum atomic E-state index is 10.2. The van der Waals surface area contributed by atoms with Gasteiger partial charge in [0.25, 0.3) is 0 Å². The van der Waals surface area contributed by atoms with Crippen molar-refractivity contribution in [3.05, 3.63) is 0 Å². The number of aliphatic hydroxyl groups is 3. The summed E-state index contributed by atoms with van der Waals surface area (Å²) in [7, 11) is 0. The van der Waals surface area contributed by atoms with E-state index in [0.717, 1.165) is 0 Å². The van der Waals surface area contributed by atoms with Gasteiger partial charge in [-0.25, -0.2) is 0 Å². The van der Waals surface area contributed by atoms with E-state index in [9.17, 15) is 4.79 Å². The molecule has 5 heteroatoms. The molecule has 0 aromatic heterocycles. The lowest BCUT2D eigenvalue weighted by atomic mass is 10.1. The van der Waals surface area contributed by atoms with Crippen molar-refractivity contribution < 1.29 is 20.1 Å². The molecule has 2 unspecified atom stereocenters. The smallest absolute Gasteiger partial charge is 0.217 e. The Hall–Kier alpha value is -0.650. The van der Waals surface area contributed by atoms with Gasteiger partial charge >= 0.3 is 0 Å². The molecule has 0 aliphatic carbocycles. The average molecular weight is 163 g/mol. The van der Waals surface area contributed by atoms with E-state index >= 15 is 0 Å². The summed E-state index contributed by atoms with van der Waals surface area (Å²) < 4.78 is 0. The molecule has 66 valence electrons. The van der Waals surface area contributed by atoms with Crippen molar-refractivity contribution in [3.8, 4) is 0 Å². The van der Waals surface area contributed by atoms with Gasteiger partial charge in [-0.15, -0.1) is 0 Å². The molecule has 0 rings (SSSR count). The first-order chi connectivity index (χ1) is 5.07. The van der Waals surface area contributed by atoms with Gasteiger partial charge < -0.3 is 21.1 Å². The van der Waals surface area contributed by atoms with Crippen LogP contribution in [0.3, 0.4) is 0 Å². The van der Waals surface area contributed by atoms with E-state index in [2.05, 4.69) is 0 Å². The van der Waals surface area contributed by atoms with Gasteiger partial charge in [-0.3, -0.25) is 4.79 Å². The summed E-state index contributed by atoms with van der Waals surface area (Å²) in [5.41, 5.74) is 4.79. The molecular formula is C6H13NO4. The van der Waals surface area contributed by atoms with Gasteiger partial charge in [0.2, 0.25) is 5.91 Å². The molecule has 11 heavy (non-hydrogen) atoms. The minimum atomic E-state index is -1.19. The van der Waals surface area contributed by atoms with Crippen molar-refractivity contribution >= 4 is 5.91 Å². The topological polar surface area (TPSA) is 104 Å². The Morgan fingerprint density at radius 3 is 2.27 bits per heavy atom. The minimum Gasteiger partial charge on any atom is -0.394 e. The number of rotatable bonds is 5. The molecule has 5 N–H and O–H groups in total. The molecule has 0 fully saturated rings. The maximum absolute atomic E-state index is 10.2. The summed E-state index contributed by atoms with van der Waals surface area (Å²) in [5, 5.41) is 26.1. The molecule has 0 aromatic rings. The number of hydrogen-bond donors (Lipinski definition) is 4. The Morgan fingerprint density at radius 2 is 1.91 bits per heavy atom. The van der Waals surface area contributed by atoms with E-state index in [0.29, 0.717) is 0 Å². The highest BCUT2D eigenvalue weighted by Crippen LogP contribution is 2.00. The van der Waals surface area contributed by atoms with Crippen molar-refractivity contribution in [1.29, 1.82) is 0 Å². The van der Waals surface area contributed by atoms with E-state index in [1.807, 2.05) is 0 Å². The zero-order chi connectivity index (χ0) is 8.85. The lowest BCUT2D eigenvalue weighted by molar-refractivity contribution is -0.119. The predicted molar refractivity (Wildman–Crippen MR) is 37.5 cm³/mol. The van der Waals surface area contributed by atoms with Crippen LogP contribution < -0.4 is 5.73 Å². The van der Waals surface area contributed by atoms with Crippen LogP contribution in [0.1, 0.15) is 12.8 Å². The second-order valence-corrected chi connectivity index (χ2v) is 2.32. The van der Waals surface area contributed by atoms with Crippen molar-refractivity contribution in [3.63, 3.8) is 0 Å². The molecular weight excluding hydrogens is 150 g/mol. The summed E-state index contributed by atoms with van der Waals surface area (Å²) in [6.07, 6.45) is -2.17. The third kappa shape index (κ3) is 4.72. The SMILES string of the molecule is NC(=O)CCC(O)C(O)CO. The lowest BCUT2D eigenvalue weighted by Crippen LogP contribution is -2.30. The molecule has 0 saturated carbocycles.